The fourth-order valence-corrected chi connectivity index (χ4v) is 2.65. The van der Waals surface area contributed by atoms with Crippen LogP contribution in [0.1, 0.15) is 29.7 Å². The molecule has 0 saturated carbocycles. The van der Waals surface area contributed by atoms with Crippen LogP contribution in [0.25, 0.3) is 0 Å². The molecular formula is C16H15BrF3N. The van der Waals surface area contributed by atoms with Gasteiger partial charge in [0, 0.05) is 17.1 Å². The van der Waals surface area contributed by atoms with Crippen LogP contribution >= 0.6 is 15.9 Å². The fraction of sp³-hybridized carbons (Fsp3) is 0.250. The first-order valence-corrected chi connectivity index (χ1v) is 7.31. The Hall–Kier alpha value is -1.33. The van der Waals surface area contributed by atoms with Gasteiger partial charge in [-0.2, -0.15) is 13.2 Å². The summed E-state index contributed by atoms with van der Waals surface area (Å²) in [5.74, 6) is 0. The second kappa shape index (κ2) is 6.62. The minimum Gasteiger partial charge on any atom is -0.306 e. The third-order valence-corrected chi connectivity index (χ3v) is 3.99. The third kappa shape index (κ3) is 4.32. The molecule has 0 aliphatic carbocycles. The van der Waals surface area contributed by atoms with Crippen LogP contribution in [-0.4, -0.2) is 0 Å². The molecule has 2 rings (SSSR count). The van der Waals surface area contributed by atoms with E-state index in [-0.39, 0.29) is 6.04 Å². The summed E-state index contributed by atoms with van der Waals surface area (Å²) in [6.45, 7) is 2.53. The smallest absolute Gasteiger partial charge is 0.306 e. The lowest BCUT2D eigenvalue weighted by Crippen LogP contribution is -2.18. The highest BCUT2D eigenvalue weighted by atomic mass is 79.9. The van der Waals surface area contributed by atoms with Gasteiger partial charge in [-0.3, -0.25) is 0 Å². The van der Waals surface area contributed by atoms with Crippen molar-refractivity contribution in [3.05, 3.63) is 69.7 Å². The molecular weight excluding hydrogens is 343 g/mol. The molecule has 0 bridgehead atoms. The second-order valence-electron chi connectivity index (χ2n) is 4.82. The molecule has 5 heteroatoms. The molecule has 0 saturated heterocycles. The van der Waals surface area contributed by atoms with Gasteiger partial charge in [-0.25, -0.2) is 0 Å². The number of halogens is 4. The molecule has 0 aliphatic heterocycles. The lowest BCUT2D eigenvalue weighted by Gasteiger charge is -2.16. The maximum Gasteiger partial charge on any atom is 0.416 e. The number of alkyl halides is 3. The monoisotopic (exact) mass is 357 g/mol. The highest BCUT2D eigenvalue weighted by Crippen LogP contribution is 2.29. The van der Waals surface area contributed by atoms with E-state index in [1.165, 1.54) is 12.1 Å². The van der Waals surface area contributed by atoms with Crippen molar-refractivity contribution in [3.8, 4) is 0 Å². The van der Waals surface area contributed by atoms with Gasteiger partial charge in [-0.05, 0) is 36.2 Å². The number of benzene rings is 2. The Labute approximate surface area is 130 Å². The standard InChI is InChI=1S/C16H15BrF3N/c1-11(14-4-2-3-5-15(14)17)21-10-12-6-8-13(9-7-12)16(18,19)20/h2-9,11,21H,10H2,1H3. The maximum atomic E-state index is 12.5. The molecule has 21 heavy (non-hydrogen) atoms. The van der Waals surface area contributed by atoms with Crippen LogP contribution in [0.5, 0.6) is 0 Å². The molecule has 1 atom stereocenters. The molecule has 0 aliphatic rings. The normalized spacial score (nSPS) is 13.2. The average Bonchev–Trinajstić information content (AvgIpc) is 2.45. The van der Waals surface area contributed by atoms with Crippen LogP contribution in [0.15, 0.2) is 53.0 Å². The van der Waals surface area contributed by atoms with Crippen LogP contribution in [0, 0.1) is 0 Å². The molecule has 0 aromatic heterocycles. The predicted molar refractivity (Wildman–Crippen MR) is 80.8 cm³/mol. The molecule has 1 unspecified atom stereocenters. The van der Waals surface area contributed by atoms with E-state index >= 15 is 0 Å². The molecule has 112 valence electrons. The van der Waals surface area contributed by atoms with E-state index in [4.69, 9.17) is 0 Å². The number of nitrogens with one attached hydrogen (secondary N) is 1. The van der Waals surface area contributed by atoms with E-state index < -0.39 is 11.7 Å². The summed E-state index contributed by atoms with van der Waals surface area (Å²) < 4.78 is 38.4. The zero-order valence-electron chi connectivity index (χ0n) is 11.4. The lowest BCUT2D eigenvalue weighted by molar-refractivity contribution is -0.137. The zero-order valence-corrected chi connectivity index (χ0v) is 13.0. The van der Waals surface area contributed by atoms with Gasteiger partial charge in [0.25, 0.3) is 0 Å². The average molecular weight is 358 g/mol. The van der Waals surface area contributed by atoms with Crippen molar-refractivity contribution < 1.29 is 13.2 Å². The van der Waals surface area contributed by atoms with E-state index in [0.29, 0.717) is 6.54 Å². The number of rotatable bonds is 4. The Kier molecular flexibility index (Phi) is 5.06. The van der Waals surface area contributed by atoms with E-state index in [2.05, 4.69) is 21.2 Å². The van der Waals surface area contributed by atoms with E-state index in [0.717, 1.165) is 27.7 Å². The first kappa shape index (κ1) is 16.0. The Morgan fingerprint density at radius 1 is 1.05 bits per heavy atom. The van der Waals surface area contributed by atoms with E-state index in [1.807, 2.05) is 31.2 Å². The van der Waals surface area contributed by atoms with E-state index in [9.17, 15) is 13.2 Å². The summed E-state index contributed by atoms with van der Waals surface area (Å²) in [4.78, 5) is 0. The first-order chi connectivity index (χ1) is 9.88. The summed E-state index contributed by atoms with van der Waals surface area (Å²) >= 11 is 3.49. The van der Waals surface area contributed by atoms with Crippen molar-refractivity contribution in [1.29, 1.82) is 0 Å². The largest absolute Gasteiger partial charge is 0.416 e. The number of hydrogen-bond acceptors (Lipinski definition) is 1. The summed E-state index contributed by atoms with van der Waals surface area (Å²) in [5.41, 5.74) is 1.32. The van der Waals surface area contributed by atoms with Gasteiger partial charge in [-0.15, -0.1) is 0 Å². The van der Waals surface area contributed by atoms with Gasteiger partial charge in [0.2, 0.25) is 0 Å². The lowest BCUT2D eigenvalue weighted by atomic mass is 10.1. The second-order valence-corrected chi connectivity index (χ2v) is 5.67. The molecule has 2 aromatic carbocycles. The van der Waals surface area contributed by atoms with Gasteiger partial charge in [0.15, 0.2) is 0 Å². The Balaban J connectivity index is 1.99. The first-order valence-electron chi connectivity index (χ1n) is 6.52. The molecule has 0 fully saturated rings. The summed E-state index contributed by atoms with van der Waals surface area (Å²) in [6, 6.07) is 13.2. The summed E-state index contributed by atoms with van der Waals surface area (Å²) in [5, 5.41) is 3.30. The van der Waals surface area contributed by atoms with Crippen molar-refractivity contribution >= 4 is 15.9 Å². The Morgan fingerprint density at radius 3 is 2.24 bits per heavy atom. The van der Waals surface area contributed by atoms with E-state index in [1.54, 1.807) is 0 Å². The van der Waals surface area contributed by atoms with Crippen molar-refractivity contribution in [1.82, 2.24) is 5.32 Å². The van der Waals surface area contributed by atoms with Crippen LogP contribution in [0.4, 0.5) is 13.2 Å². The van der Waals surface area contributed by atoms with Gasteiger partial charge in [0.1, 0.15) is 0 Å². The fourth-order valence-electron chi connectivity index (χ4n) is 2.02. The van der Waals surface area contributed by atoms with Crippen LogP contribution in [0.2, 0.25) is 0 Å². The molecule has 1 N–H and O–H groups in total. The van der Waals surface area contributed by atoms with Crippen molar-refractivity contribution in [2.45, 2.75) is 25.7 Å². The van der Waals surface area contributed by atoms with Crippen LogP contribution in [0.3, 0.4) is 0 Å². The number of hydrogen-bond donors (Lipinski definition) is 1. The minimum absolute atomic E-state index is 0.0999. The molecule has 0 amide bonds. The highest BCUT2D eigenvalue weighted by molar-refractivity contribution is 9.10. The van der Waals surface area contributed by atoms with Crippen LogP contribution < -0.4 is 5.32 Å². The predicted octanol–water partition coefficient (Wildman–Crippen LogP) is 5.32. The van der Waals surface area contributed by atoms with Gasteiger partial charge >= 0.3 is 6.18 Å². The SMILES string of the molecule is CC(NCc1ccc(C(F)(F)F)cc1)c1ccccc1Br. The van der Waals surface area contributed by atoms with Crippen molar-refractivity contribution in [2.75, 3.05) is 0 Å². The Bertz CT molecular complexity index is 593. The Morgan fingerprint density at radius 2 is 1.67 bits per heavy atom. The van der Waals surface area contributed by atoms with Gasteiger partial charge < -0.3 is 5.32 Å². The van der Waals surface area contributed by atoms with Crippen molar-refractivity contribution in [2.24, 2.45) is 0 Å². The van der Waals surface area contributed by atoms with Gasteiger partial charge in [-0.1, -0.05) is 46.3 Å². The zero-order chi connectivity index (χ0) is 15.5. The highest BCUT2D eigenvalue weighted by Gasteiger charge is 2.29. The molecule has 0 spiro atoms. The maximum absolute atomic E-state index is 12.5. The van der Waals surface area contributed by atoms with Crippen LogP contribution in [-0.2, 0) is 12.7 Å². The summed E-state index contributed by atoms with van der Waals surface area (Å²) in [7, 11) is 0. The topological polar surface area (TPSA) is 12.0 Å². The molecule has 0 radical (unpaired) electrons. The third-order valence-electron chi connectivity index (χ3n) is 3.27. The molecule has 1 nitrogen and oxygen atoms in total. The minimum atomic E-state index is -4.28. The molecule has 0 heterocycles. The summed E-state index contributed by atoms with van der Waals surface area (Å²) in [6.07, 6.45) is -4.28. The van der Waals surface area contributed by atoms with Crippen molar-refractivity contribution in [3.63, 3.8) is 0 Å². The van der Waals surface area contributed by atoms with Gasteiger partial charge in [0.05, 0.1) is 5.56 Å². The quantitative estimate of drug-likeness (QED) is 0.780. The molecule has 2 aromatic rings.